The van der Waals surface area contributed by atoms with Gasteiger partial charge in [-0.05, 0) is 36.8 Å². The minimum absolute atomic E-state index is 0.146. The predicted molar refractivity (Wildman–Crippen MR) is 88.8 cm³/mol. The van der Waals surface area contributed by atoms with E-state index < -0.39 is 0 Å². The Balaban J connectivity index is 2.04. The van der Waals surface area contributed by atoms with Gasteiger partial charge in [0.25, 0.3) is 5.91 Å². The van der Waals surface area contributed by atoms with Crippen molar-refractivity contribution in [3.8, 4) is 0 Å². The number of rotatable bonds is 6. The Bertz CT molecular complexity index is 655. The van der Waals surface area contributed by atoms with E-state index in [4.69, 9.17) is 5.73 Å². The number of aryl methyl sites for hydroxylation is 1. The van der Waals surface area contributed by atoms with Crippen LogP contribution in [0, 0.1) is 6.92 Å². The second kappa shape index (κ2) is 7.70. The average Bonchev–Trinajstić information content (AvgIpc) is 2.55. The first-order valence-corrected chi connectivity index (χ1v) is 6.81. The minimum Gasteiger partial charge on any atom is -0.403 e. The van der Waals surface area contributed by atoms with E-state index in [0.717, 1.165) is 11.3 Å². The largest absolute Gasteiger partial charge is 0.403 e. The summed E-state index contributed by atoms with van der Waals surface area (Å²) in [5.74, 6) is -0.146. The molecule has 0 fully saturated rings. The quantitative estimate of drug-likeness (QED) is 0.416. The zero-order chi connectivity index (χ0) is 15.8. The summed E-state index contributed by atoms with van der Waals surface area (Å²) in [6.45, 7) is 1.96. The topological polar surface area (TPSA) is 91.2 Å². The summed E-state index contributed by atoms with van der Waals surface area (Å²) in [7, 11) is 0. The highest BCUT2D eigenvalue weighted by Gasteiger charge is 2.06. The molecule has 0 unspecified atom stereocenters. The molecule has 0 aliphatic rings. The minimum atomic E-state index is -0.146. The number of hydrazine groups is 2. The monoisotopic (exact) mass is 297 g/mol. The molecule has 1 amide bonds. The molecular weight excluding hydrogens is 278 g/mol. The van der Waals surface area contributed by atoms with Gasteiger partial charge in [0.15, 0.2) is 0 Å². The Morgan fingerprint density at radius 1 is 1.14 bits per heavy atom. The number of amides is 1. The van der Waals surface area contributed by atoms with Crippen LogP contribution in [0.15, 0.2) is 60.9 Å². The van der Waals surface area contributed by atoms with Gasteiger partial charge in [-0.1, -0.05) is 24.3 Å². The van der Waals surface area contributed by atoms with Crippen molar-refractivity contribution in [1.82, 2.24) is 11.0 Å². The van der Waals surface area contributed by atoms with Crippen LogP contribution in [0.5, 0.6) is 0 Å². The number of hydrogen-bond donors (Lipinski definition) is 5. The van der Waals surface area contributed by atoms with E-state index in [2.05, 4.69) is 21.7 Å². The van der Waals surface area contributed by atoms with E-state index in [1.807, 2.05) is 43.3 Å². The van der Waals surface area contributed by atoms with Crippen molar-refractivity contribution in [2.75, 3.05) is 10.7 Å². The number of hydrogen-bond acceptors (Lipinski definition) is 5. The van der Waals surface area contributed by atoms with Crippen LogP contribution in [0.3, 0.4) is 0 Å². The fourth-order valence-corrected chi connectivity index (χ4v) is 1.82. The molecular formula is C16H19N5O. The molecule has 0 bridgehead atoms. The average molecular weight is 297 g/mol. The lowest BCUT2D eigenvalue weighted by atomic mass is 10.1. The van der Waals surface area contributed by atoms with Crippen molar-refractivity contribution < 1.29 is 4.79 Å². The number of carbonyl (C=O) groups is 1. The number of anilines is 2. The first kappa shape index (κ1) is 15.4. The molecule has 6 nitrogen and oxygen atoms in total. The van der Waals surface area contributed by atoms with Crippen LogP contribution in [0.2, 0.25) is 0 Å². The van der Waals surface area contributed by atoms with Crippen LogP contribution >= 0.6 is 0 Å². The Labute approximate surface area is 129 Å². The second-order valence-electron chi connectivity index (χ2n) is 4.60. The zero-order valence-electron chi connectivity index (χ0n) is 12.3. The molecule has 0 heterocycles. The number of benzene rings is 2. The third-order valence-electron chi connectivity index (χ3n) is 2.98. The molecule has 0 saturated heterocycles. The smallest absolute Gasteiger partial charge is 0.255 e. The Morgan fingerprint density at radius 2 is 1.91 bits per heavy atom. The molecule has 0 saturated carbocycles. The van der Waals surface area contributed by atoms with Gasteiger partial charge in [0, 0.05) is 23.7 Å². The van der Waals surface area contributed by atoms with Gasteiger partial charge in [-0.3, -0.25) is 4.79 Å². The van der Waals surface area contributed by atoms with E-state index in [-0.39, 0.29) is 5.91 Å². The van der Waals surface area contributed by atoms with Gasteiger partial charge in [0.2, 0.25) is 0 Å². The number of nitrogens with two attached hydrogens (primary N) is 1. The lowest BCUT2D eigenvalue weighted by molar-refractivity contribution is 0.102. The molecule has 0 spiro atoms. The van der Waals surface area contributed by atoms with Crippen molar-refractivity contribution in [1.29, 1.82) is 0 Å². The summed E-state index contributed by atoms with van der Waals surface area (Å²) in [6.07, 6.45) is 2.92. The lowest BCUT2D eigenvalue weighted by Crippen LogP contribution is -2.33. The van der Waals surface area contributed by atoms with Crippen LogP contribution < -0.4 is 27.4 Å². The standard InChI is InChI=1S/C16H19N5O/c1-12-7-8-14(11-15(12)20-21-18-10-9-17)19-16(22)13-5-3-2-4-6-13/h2-11,18,20-21H,17H2,1H3,(H,19,22)/b10-9-. The number of nitrogens with one attached hydrogen (secondary N) is 4. The molecule has 0 aliphatic carbocycles. The summed E-state index contributed by atoms with van der Waals surface area (Å²) in [4.78, 5) is 12.1. The summed E-state index contributed by atoms with van der Waals surface area (Å²) in [6, 6.07) is 14.7. The lowest BCUT2D eigenvalue weighted by Gasteiger charge is -2.13. The van der Waals surface area contributed by atoms with Gasteiger partial charge in [-0.15, -0.1) is 0 Å². The Morgan fingerprint density at radius 3 is 2.64 bits per heavy atom. The molecule has 22 heavy (non-hydrogen) atoms. The van der Waals surface area contributed by atoms with E-state index in [0.29, 0.717) is 11.3 Å². The second-order valence-corrected chi connectivity index (χ2v) is 4.60. The molecule has 6 N–H and O–H groups in total. The normalized spacial score (nSPS) is 10.4. The molecule has 2 aromatic rings. The van der Waals surface area contributed by atoms with Crippen molar-refractivity contribution in [3.63, 3.8) is 0 Å². The molecule has 6 heteroatoms. The summed E-state index contributed by atoms with van der Waals surface area (Å²) >= 11 is 0. The molecule has 0 radical (unpaired) electrons. The van der Waals surface area contributed by atoms with E-state index >= 15 is 0 Å². The van der Waals surface area contributed by atoms with E-state index in [9.17, 15) is 4.79 Å². The number of carbonyl (C=O) groups excluding carboxylic acids is 1. The first-order chi connectivity index (χ1) is 10.7. The molecule has 114 valence electrons. The van der Waals surface area contributed by atoms with Gasteiger partial charge in [0.05, 0.1) is 5.69 Å². The third-order valence-corrected chi connectivity index (χ3v) is 2.98. The van der Waals surface area contributed by atoms with Crippen molar-refractivity contribution >= 4 is 17.3 Å². The van der Waals surface area contributed by atoms with Crippen LogP contribution in [-0.4, -0.2) is 5.91 Å². The highest BCUT2D eigenvalue weighted by molar-refractivity contribution is 6.04. The van der Waals surface area contributed by atoms with Crippen LogP contribution in [0.1, 0.15) is 15.9 Å². The molecule has 0 aromatic heterocycles. The SMILES string of the molecule is Cc1ccc(NC(=O)c2ccccc2)cc1NNN/C=C\N. The maximum absolute atomic E-state index is 12.1. The van der Waals surface area contributed by atoms with Crippen LogP contribution in [0.25, 0.3) is 0 Å². The van der Waals surface area contributed by atoms with Gasteiger partial charge in [-0.25, -0.2) is 0 Å². The van der Waals surface area contributed by atoms with Crippen molar-refractivity contribution in [3.05, 3.63) is 72.1 Å². The third kappa shape index (κ3) is 4.26. The van der Waals surface area contributed by atoms with Gasteiger partial charge < -0.3 is 21.9 Å². The Hall–Kier alpha value is -2.99. The van der Waals surface area contributed by atoms with Crippen molar-refractivity contribution in [2.45, 2.75) is 6.92 Å². The van der Waals surface area contributed by atoms with E-state index in [1.54, 1.807) is 18.3 Å². The molecule has 2 rings (SSSR count). The van der Waals surface area contributed by atoms with Crippen LogP contribution in [0.4, 0.5) is 11.4 Å². The fourth-order valence-electron chi connectivity index (χ4n) is 1.82. The van der Waals surface area contributed by atoms with Crippen LogP contribution in [-0.2, 0) is 0 Å². The van der Waals surface area contributed by atoms with E-state index in [1.165, 1.54) is 6.20 Å². The van der Waals surface area contributed by atoms with Gasteiger partial charge in [-0.2, -0.15) is 5.53 Å². The predicted octanol–water partition coefficient (Wildman–Crippen LogP) is 2.10. The summed E-state index contributed by atoms with van der Waals surface area (Å²) in [5.41, 5.74) is 16.9. The highest BCUT2D eigenvalue weighted by Crippen LogP contribution is 2.20. The van der Waals surface area contributed by atoms with Crippen molar-refractivity contribution in [2.24, 2.45) is 5.73 Å². The molecule has 0 atom stereocenters. The molecule has 2 aromatic carbocycles. The Kier molecular flexibility index (Phi) is 5.39. The highest BCUT2D eigenvalue weighted by atomic mass is 16.1. The maximum atomic E-state index is 12.1. The van der Waals surface area contributed by atoms with Gasteiger partial charge >= 0.3 is 0 Å². The summed E-state index contributed by atoms with van der Waals surface area (Å²) in [5, 5.41) is 2.87. The summed E-state index contributed by atoms with van der Waals surface area (Å²) < 4.78 is 0. The van der Waals surface area contributed by atoms with Gasteiger partial charge in [0.1, 0.15) is 0 Å². The molecule has 0 aliphatic heterocycles. The fraction of sp³-hybridized carbons (Fsp3) is 0.0625. The maximum Gasteiger partial charge on any atom is 0.255 e. The first-order valence-electron chi connectivity index (χ1n) is 6.81. The zero-order valence-corrected chi connectivity index (χ0v) is 12.3.